The number of benzene rings is 9. The first kappa shape index (κ1) is 42.9. The molecule has 0 saturated heterocycles. The van der Waals surface area contributed by atoms with Crippen molar-refractivity contribution in [2.45, 2.75) is 52.4 Å². The molecule has 7 heteroatoms. The van der Waals surface area contributed by atoms with Gasteiger partial charge in [-0.15, -0.1) is 0 Å². The van der Waals surface area contributed by atoms with Gasteiger partial charge in [-0.05, 0) is 0 Å². The topological polar surface area (TPSA) is 13.0 Å². The summed E-state index contributed by atoms with van der Waals surface area (Å²) in [5.74, 6) is 0. The Morgan fingerprint density at radius 2 is 0.644 bits per heavy atom. The Labute approximate surface area is 435 Å². The molecule has 348 valence electrons. The normalized spacial score (nSPS) is 14.3. The van der Waals surface area contributed by atoms with Crippen molar-refractivity contribution in [3.63, 3.8) is 0 Å². The quantitative estimate of drug-likeness (QED) is 0.163. The third kappa shape index (κ3) is 6.04. The van der Waals surface area contributed by atoms with Crippen LogP contribution in [0.5, 0.6) is 0 Å². The van der Waals surface area contributed by atoms with Crippen molar-refractivity contribution in [1.82, 2.24) is 0 Å². The van der Waals surface area contributed by atoms with Gasteiger partial charge in [0, 0.05) is 0 Å². The molecule has 0 fully saturated rings. The first-order valence-electron chi connectivity index (χ1n) is 25.8. The number of anilines is 12. The van der Waals surface area contributed by atoms with E-state index in [-0.39, 0.29) is 38.8 Å². The summed E-state index contributed by atoms with van der Waals surface area (Å²) in [6, 6.07) is 78.9. The van der Waals surface area contributed by atoms with E-state index in [1.54, 1.807) is 0 Å². The molecule has 0 saturated carbocycles. The molecule has 10 aromatic rings. The molecule has 0 spiro atoms. The molecule has 0 atom stereocenters. The van der Waals surface area contributed by atoms with Crippen molar-refractivity contribution in [3.8, 4) is 20.0 Å². The second-order valence-electron chi connectivity index (χ2n) is 22.5. The van der Waals surface area contributed by atoms with E-state index in [0.29, 0.717) is 0 Å². The van der Waals surface area contributed by atoms with E-state index in [4.69, 9.17) is 0 Å². The number of fused-ring (bicyclic) bond motifs is 11. The third-order valence-electron chi connectivity index (χ3n) is 16.3. The summed E-state index contributed by atoms with van der Waals surface area (Å²) < 4.78 is 2.81. The number of nitrogens with zero attached hydrogens (tertiary/aromatic N) is 4. The summed E-state index contributed by atoms with van der Waals surface area (Å²) in [6.45, 7) is 13.8. The van der Waals surface area contributed by atoms with Crippen molar-refractivity contribution in [3.05, 3.63) is 217 Å². The SMILES string of the molecule is CC(C)(C)c1ccc(N2c3ccccc3B3c4ccc5c6c4N(c4cccc2c43)c2c(-c3ccccc3)[se]c(-c3ccccc3)c2N6c2cccc3c2B5c2ccccc2N3c2ccc(C(C)(C)C)cc2)cc1. The molecule has 15 rings (SSSR count). The van der Waals surface area contributed by atoms with Gasteiger partial charge >= 0.3 is 397 Å². The fourth-order valence-electron chi connectivity index (χ4n) is 13.0. The van der Waals surface area contributed by atoms with E-state index in [1.165, 1.54) is 132 Å². The van der Waals surface area contributed by atoms with Gasteiger partial charge < -0.3 is 0 Å². The Hall–Kier alpha value is -7.69. The first-order chi connectivity index (χ1) is 35.5. The van der Waals surface area contributed by atoms with Crippen molar-refractivity contribution in [1.29, 1.82) is 0 Å². The predicted molar refractivity (Wildman–Crippen MR) is 313 cm³/mol. The molecule has 4 nitrogen and oxygen atoms in total. The van der Waals surface area contributed by atoms with Crippen LogP contribution in [0.25, 0.3) is 20.0 Å². The molecule has 0 radical (unpaired) electrons. The van der Waals surface area contributed by atoms with Crippen molar-refractivity contribution in [2.24, 2.45) is 0 Å². The molecule has 5 aliphatic heterocycles. The van der Waals surface area contributed by atoms with Gasteiger partial charge in [0.2, 0.25) is 0 Å². The van der Waals surface area contributed by atoms with Crippen LogP contribution in [0, 0.1) is 0 Å². The second-order valence-corrected chi connectivity index (χ2v) is 24.6. The van der Waals surface area contributed by atoms with Gasteiger partial charge in [-0.25, -0.2) is 0 Å². The molecule has 73 heavy (non-hydrogen) atoms. The van der Waals surface area contributed by atoms with Crippen LogP contribution >= 0.6 is 0 Å². The molecule has 0 N–H and O–H groups in total. The van der Waals surface area contributed by atoms with Gasteiger partial charge in [-0.2, -0.15) is 0 Å². The van der Waals surface area contributed by atoms with Crippen LogP contribution in [0.1, 0.15) is 52.7 Å². The molecule has 9 aromatic carbocycles. The van der Waals surface area contributed by atoms with E-state index in [2.05, 4.69) is 267 Å². The van der Waals surface area contributed by atoms with E-state index in [1.807, 2.05) is 0 Å². The Morgan fingerprint density at radius 1 is 0.301 bits per heavy atom. The number of para-hydroxylation sites is 2. The molecular formula is C66H52B2N4Se. The fraction of sp³-hybridized carbons (Fsp3) is 0.121. The fourth-order valence-corrected chi connectivity index (χ4v) is 15.7. The van der Waals surface area contributed by atoms with Crippen LogP contribution in [0.2, 0.25) is 0 Å². The summed E-state index contributed by atoms with van der Waals surface area (Å²) in [5, 5.41) is 0. The van der Waals surface area contributed by atoms with Crippen LogP contribution in [-0.4, -0.2) is 27.9 Å². The van der Waals surface area contributed by atoms with Crippen LogP contribution in [0.15, 0.2) is 206 Å². The van der Waals surface area contributed by atoms with Gasteiger partial charge in [-0.1, -0.05) is 41.5 Å². The number of hydrogen-bond donors (Lipinski definition) is 0. The zero-order valence-electron chi connectivity index (χ0n) is 42.0. The van der Waals surface area contributed by atoms with Crippen LogP contribution in [0.3, 0.4) is 0 Å². The summed E-state index contributed by atoms with van der Waals surface area (Å²) in [4.78, 5) is 10.6. The molecule has 0 unspecified atom stereocenters. The third-order valence-corrected chi connectivity index (χ3v) is 18.9. The minimum absolute atomic E-state index is 0.00986. The second kappa shape index (κ2) is 15.4. The first-order valence-corrected chi connectivity index (χ1v) is 27.6. The van der Waals surface area contributed by atoms with Gasteiger partial charge in [0.05, 0.1) is 0 Å². The average molecular weight is 1000 g/mol. The zero-order valence-corrected chi connectivity index (χ0v) is 43.7. The molecule has 5 aliphatic rings. The molecule has 0 aliphatic carbocycles. The van der Waals surface area contributed by atoms with Crippen molar-refractivity contribution >= 4 is 129 Å². The molecule has 0 bridgehead atoms. The average Bonchev–Trinajstić information content (AvgIpc) is 3.83. The van der Waals surface area contributed by atoms with Crippen LogP contribution < -0.4 is 52.4 Å². The van der Waals surface area contributed by atoms with Gasteiger partial charge in [0.1, 0.15) is 0 Å². The minimum atomic E-state index is -0.0476. The predicted octanol–water partition coefficient (Wildman–Crippen LogP) is 13.2. The Balaban J connectivity index is 1.05. The van der Waals surface area contributed by atoms with Crippen molar-refractivity contribution < 1.29 is 0 Å². The molecule has 6 heterocycles. The van der Waals surface area contributed by atoms with Crippen LogP contribution in [-0.2, 0) is 10.8 Å². The molecule has 1 aromatic heterocycles. The van der Waals surface area contributed by atoms with E-state index >= 15 is 0 Å². The summed E-state index contributed by atoms with van der Waals surface area (Å²) in [5.41, 5.74) is 28.4. The Bertz CT molecular complexity index is 3650. The van der Waals surface area contributed by atoms with E-state index in [9.17, 15) is 0 Å². The van der Waals surface area contributed by atoms with Gasteiger partial charge in [0.25, 0.3) is 0 Å². The monoisotopic (exact) mass is 1000 g/mol. The summed E-state index contributed by atoms with van der Waals surface area (Å²) in [6.07, 6.45) is 0. The summed E-state index contributed by atoms with van der Waals surface area (Å²) in [7, 11) is 0. The maximum atomic E-state index is 2.75. The molecular weight excluding hydrogens is 949 g/mol. The van der Waals surface area contributed by atoms with Gasteiger partial charge in [0.15, 0.2) is 0 Å². The van der Waals surface area contributed by atoms with Gasteiger partial charge in [-0.3, -0.25) is 0 Å². The standard InChI is InChI=1S/C66H52B2N4Se/c1-65(2,3)43-31-35-45(36-32-43)69-51-25-15-13-23-47(51)67-49-39-40-50-60-59(49)71(55-29-17-27-53(69)57(55)67)61-62(64(42-21-11-8-12-22-42)73-63(61)41-19-9-7-10-20-41)72(60)56-30-18-28-54-58(56)68(50)48-24-14-16-26-52(48)70(54)46-37-33-44(34-38-46)66(4,5)6/h7-40H,1-6H3. The van der Waals surface area contributed by atoms with E-state index < -0.39 is 0 Å². The summed E-state index contributed by atoms with van der Waals surface area (Å²) >= 11 is -0.0476. The number of rotatable bonds is 4. The Morgan fingerprint density at radius 3 is 1.03 bits per heavy atom. The maximum absolute atomic E-state index is 2.75. The molecule has 0 amide bonds. The van der Waals surface area contributed by atoms with E-state index in [0.717, 1.165) is 0 Å². The van der Waals surface area contributed by atoms with Crippen LogP contribution in [0.4, 0.5) is 68.2 Å². The number of hydrogen-bond acceptors (Lipinski definition) is 4. The van der Waals surface area contributed by atoms with Crippen molar-refractivity contribution in [2.75, 3.05) is 19.6 Å². The zero-order chi connectivity index (χ0) is 49.1. The Kier molecular flexibility index (Phi) is 9.07.